The molecular weight excluding hydrogens is 366 g/mol. The number of phenols is 1. The van der Waals surface area contributed by atoms with Gasteiger partial charge in [0.2, 0.25) is 0 Å². The predicted octanol–water partition coefficient (Wildman–Crippen LogP) is 2.46. The van der Waals surface area contributed by atoms with Crippen molar-refractivity contribution < 1.29 is 19.6 Å². The molecule has 1 amide bonds. The second kappa shape index (κ2) is 7.99. The number of hydrogen-bond donors (Lipinski definition) is 3. The number of nitrogens with zero attached hydrogens (tertiary/aromatic N) is 3. The third-order valence-electron chi connectivity index (χ3n) is 3.78. The molecule has 10 heteroatoms. The van der Waals surface area contributed by atoms with Crippen molar-refractivity contribution in [1.29, 1.82) is 0 Å². The number of phenolic OH excluding ortho intramolecular Hbond substituents is 1. The minimum absolute atomic E-state index is 0.0148. The lowest BCUT2D eigenvalue weighted by Crippen LogP contribution is -2.18. The number of H-pyrrole nitrogens is 1. The van der Waals surface area contributed by atoms with Gasteiger partial charge >= 0.3 is 0 Å². The number of non-ortho nitro benzene ring substituents is 1. The highest BCUT2D eigenvalue weighted by atomic mass is 16.6. The number of ether oxygens (including phenoxy) is 1. The van der Waals surface area contributed by atoms with Crippen molar-refractivity contribution in [3.8, 4) is 22.8 Å². The first-order valence-corrected chi connectivity index (χ1v) is 7.99. The molecule has 0 spiro atoms. The summed E-state index contributed by atoms with van der Waals surface area (Å²) >= 11 is 0. The number of nitro groups is 1. The summed E-state index contributed by atoms with van der Waals surface area (Å²) in [6, 6.07) is 13.0. The highest BCUT2D eigenvalue weighted by Crippen LogP contribution is 2.33. The van der Waals surface area contributed by atoms with Crippen molar-refractivity contribution in [3.63, 3.8) is 0 Å². The summed E-state index contributed by atoms with van der Waals surface area (Å²) in [6.45, 7) is 0. The van der Waals surface area contributed by atoms with E-state index in [-0.39, 0.29) is 28.4 Å². The smallest absolute Gasteiger partial charge is 0.289 e. The Morgan fingerprint density at radius 2 is 2.07 bits per heavy atom. The number of rotatable bonds is 6. The van der Waals surface area contributed by atoms with Gasteiger partial charge in [-0.25, -0.2) is 5.43 Å². The fourth-order valence-electron chi connectivity index (χ4n) is 2.39. The van der Waals surface area contributed by atoms with E-state index in [4.69, 9.17) is 4.74 Å². The second-order valence-corrected chi connectivity index (χ2v) is 5.57. The molecule has 0 saturated heterocycles. The van der Waals surface area contributed by atoms with E-state index in [1.165, 1.54) is 7.11 Å². The minimum Gasteiger partial charge on any atom is -0.504 e. The highest BCUT2D eigenvalue weighted by molar-refractivity contribution is 5.94. The van der Waals surface area contributed by atoms with Gasteiger partial charge in [0.25, 0.3) is 11.6 Å². The zero-order valence-electron chi connectivity index (χ0n) is 14.6. The summed E-state index contributed by atoms with van der Waals surface area (Å²) in [5, 5.41) is 31.4. The van der Waals surface area contributed by atoms with Crippen molar-refractivity contribution in [2.75, 3.05) is 7.11 Å². The quantitative estimate of drug-likeness (QED) is 0.340. The maximum atomic E-state index is 12.2. The lowest BCUT2D eigenvalue weighted by Gasteiger charge is -2.05. The van der Waals surface area contributed by atoms with Crippen molar-refractivity contribution in [2.45, 2.75) is 0 Å². The van der Waals surface area contributed by atoms with Crippen LogP contribution in [0.25, 0.3) is 11.3 Å². The van der Waals surface area contributed by atoms with Crippen molar-refractivity contribution >= 4 is 17.8 Å². The van der Waals surface area contributed by atoms with Crippen LogP contribution in [0.5, 0.6) is 11.5 Å². The lowest BCUT2D eigenvalue weighted by molar-refractivity contribution is -0.385. The van der Waals surface area contributed by atoms with E-state index in [1.54, 1.807) is 6.07 Å². The third kappa shape index (κ3) is 3.96. The van der Waals surface area contributed by atoms with Gasteiger partial charge in [-0.05, 0) is 6.07 Å². The van der Waals surface area contributed by atoms with E-state index >= 15 is 0 Å². The first-order chi connectivity index (χ1) is 13.5. The number of amides is 1. The number of aromatic hydroxyl groups is 1. The molecule has 10 nitrogen and oxygen atoms in total. The van der Waals surface area contributed by atoms with Crippen molar-refractivity contribution in [2.24, 2.45) is 5.10 Å². The Labute approximate surface area is 158 Å². The Kier molecular flexibility index (Phi) is 5.30. The van der Waals surface area contributed by atoms with Gasteiger partial charge in [-0.15, -0.1) is 0 Å². The Hall–Kier alpha value is -4.21. The number of hydrazone groups is 1. The maximum Gasteiger partial charge on any atom is 0.289 e. The van der Waals surface area contributed by atoms with Crippen LogP contribution in [0.1, 0.15) is 16.1 Å². The van der Waals surface area contributed by atoms with Crippen LogP contribution in [-0.4, -0.2) is 39.5 Å². The molecule has 1 aromatic heterocycles. The normalized spacial score (nSPS) is 10.8. The van der Waals surface area contributed by atoms with E-state index in [9.17, 15) is 20.0 Å². The van der Waals surface area contributed by atoms with Gasteiger partial charge < -0.3 is 9.84 Å². The Bertz CT molecular complexity index is 1050. The number of nitrogens with one attached hydrogen (secondary N) is 2. The average Bonchev–Trinajstić information content (AvgIpc) is 3.20. The molecule has 3 rings (SSSR count). The zero-order valence-corrected chi connectivity index (χ0v) is 14.6. The average molecular weight is 381 g/mol. The molecule has 0 saturated carbocycles. The summed E-state index contributed by atoms with van der Waals surface area (Å²) in [5.41, 5.74) is 3.60. The fraction of sp³-hybridized carbons (Fsp3) is 0.0556. The molecule has 3 N–H and O–H groups in total. The van der Waals surface area contributed by atoms with E-state index in [0.717, 1.165) is 23.9 Å². The molecule has 28 heavy (non-hydrogen) atoms. The Balaban J connectivity index is 1.75. The standard InChI is InChI=1S/C18H15N5O5/c1-28-16-8-13(23(26)27)7-12(17(16)24)10-19-22-18(25)15-9-14(20-21-15)11-5-3-2-4-6-11/h2-10,24H,1H3,(H,20,21)(H,22,25). The van der Waals surface area contributed by atoms with E-state index in [0.29, 0.717) is 5.69 Å². The molecule has 0 unspecified atom stereocenters. The molecule has 0 aliphatic heterocycles. The van der Waals surface area contributed by atoms with Crippen LogP contribution in [0.4, 0.5) is 5.69 Å². The highest BCUT2D eigenvalue weighted by Gasteiger charge is 2.16. The van der Waals surface area contributed by atoms with Gasteiger partial charge in [-0.2, -0.15) is 10.2 Å². The number of aromatic nitrogens is 2. The van der Waals surface area contributed by atoms with Gasteiger partial charge in [0.1, 0.15) is 5.69 Å². The summed E-state index contributed by atoms with van der Waals surface area (Å²) in [5.74, 6) is -0.982. The molecule has 0 fully saturated rings. The van der Waals surface area contributed by atoms with Gasteiger partial charge in [-0.1, -0.05) is 30.3 Å². The van der Waals surface area contributed by atoms with Crippen LogP contribution in [0.15, 0.2) is 53.6 Å². The minimum atomic E-state index is -0.631. The molecular formula is C18H15N5O5. The topological polar surface area (TPSA) is 143 Å². The van der Waals surface area contributed by atoms with E-state index < -0.39 is 10.8 Å². The molecule has 0 aliphatic carbocycles. The maximum absolute atomic E-state index is 12.2. The summed E-state index contributed by atoms with van der Waals surface area (Å²) in [6.07, 6.45) is 1.08. The summed E-state index contributed by atoms with van der Waals surface area (Å²) in [4.78, 5) is 22.5. The van der Waals surface area contributed by atoms with Crippen LogP contribution in [0.2, 0.25) is 0 Å². The number of carbonyl (C=O) groups excluding carboxylic acids is 1. The zero-order chi connectivity index (χ0) is 20.1. The second-order valence-electron chi connectivity index (χ2n) is 5.57. The number of benzene rings is 2. The Morgan fingerprint density at radius 1 is 1.32 bits per heavy atom. The molecule has 0 bridgehead atoms. The van der Waals surface area contributed by atoms with E-state index in [1.807, 2.05) is 30.3 Å². The largest absolute Gasteiger partial charge is 0.504 e. The Morgan fingerprint density at radius 3 is 2.75 bits per heavy atom. The first-order valence-electron chi connectivity index (χ1n) is 7.99. The van der Waals surface area contributed by atoms with Gasteiger partial charge in [0.05, 0.1) is 30.0 Å². The molecule has 2 aromatic carbocycles. The number of hydrogen-bond acceptors (Lipinski definition) is 7. The summed E-state index contributed by atoms with van der Waals surface area (Å²) in [7, 11) is 1.27. The molecule has 3 aromatic rings. The lowest BCUT2D eigenvalue weighted by atomic mass is 10.1. The molecule has 0 atom stereocenters. The van der Waals surface area contributed by atoms with Crippen LogP contribution in [0.3, 0.4) is 0 Å². The van der Waals surface area contributed by atoms with Gasteiger partial charge in [0.15, 0.2) is 11.5 Å². The number of nitro benzene ring substituents is 1. The van der Waals surface area contributed by atoms with Crippen molar-refractivity contribution in [3.05, 3.63) is 69.9 Å². The molecule has 142 valence electrons. The molecule has 0 radical (unpaired) electrons. The summed E-state index contributed by atoms with van der Waals surface area (Å²) < 4.78 is 4.90. The molecule has 1 heterocycles. The number of carbonyl (C=O) groups is 1. The third-order valence-corrected chi connectivity index (χ3v) is 3.78. The van der Waals surface area contributed by atoms with Crippen LogP contribution >= 0.6 is 0 Å². The first kappa shape index (κ1) is 18.6. The fourth-order valence-corrected chi connectivity index (χ4v) is 2.39. The SMILES string of the molecule is COc1cc([N+](=O)[O-])cc(C=NNC(=O)c2cc(-c3ccccc3)n[nH]2)c1O. The van der Waals surface area contributed by atoms with Gasteiger partial charge in [0, 0.05) is 17.2 Å². The molecule has 0 aliphatic rings. The van der Waals surface area contributed by atoms with Crippen LogP contribution < -0.4 is 10.2 Å². The van der Waals surface area contributed by atoms with Gasteiger partial charge in [-0.3, -0.25) is 20.0 Å². The van der Waals surface area contributed by atoms with E-state index in [2.05, 4.69) is 20.7 Å². The number of aromatic amines is 1. The predicted molar refractivity (Wildman–Crippen MR) is 100 cm³/mol. The monoisotopic (exact) mass is 381 g/mol. The van der Waals surface area contributed by atoms with Crippen LogP contribution in [-0.2, 0) is 0 Å². The van der Waals surface area contributed by atoms with Crippen LogP contribution in [0, 0.1) is 10.1 Å². The number of methoxy groups -OCH3 is 1. The van der Waals surface area contributed by atoms with Crippen molar-refractivity contribution in [1.82, 2.24) is 15.6 Å².